The maximum atomic E-state index is 13.5. The van der Waals surface area contributed by atoms with E-state index in [-0.39, 0.29) is 17.9 Å². The van der Waals surface area contributed by atoms with Crippen molar-refractivity contribution in [2.45, 2.75) is 19.4 Å². The quantitative estimate of drug-likeness (QED) is 0.517. The number of halogens is 1. The summed E-state index contributed by atoms with van der Waals surface area (Å²) in [5, 5.41) is 5.05. The number of amides is 2. The molecule has 0 unspecified atom stereocenters. The van der Waals surface area contributed by atoms with Crippen molar-refractivity contribution in [1.82, 2.24) is 10.2 Å². The molecule has 0 bridgehead atoms. The molecule has 1 saturated heterocycles. The van der Waals surface area contributed by atoms with Gasteiger partial charge in [0.2, 0.25) is 0 Å². The highest BCUT2D eigenvalue weighted by Crippen LogP contribution is 2.50. The third kappa shape index (κ3) is 4.06. The predicted octanol–water partition coefficient (Wildman–Crippen LogP) is 5.38. The normalized spacial score (nSPS) is 21.6. The van der Waals surface area contributed by atoms with Crippen molar-refractivity contribution in [3.63, 3.8) is 0 Å². The van der Waals surface area contributed by atoms with E-state index in [1.165, 1.54) is 5.56 Å². The lowest BCUT2D eigenvalue weighted by atomic mass is 10.1. The zero-order valence-electron chi connectivity index (χ0n) is 17.2. The van der Waals surface area contributed by atoms with Crippen LogP contribution in [0.3, 0.4) is 0 Å². The Morgan fingerprint density at radius 3 is 2.74 bits per heavy atom. The summed E-state index contributed by atoms with van der Waals surface area (Å²) < 4.78 is 0.876. The number of carbonyl (C=O) groups is 2. The molecule has 1 aliphatic carbocycles. The van der Waals surface area contributed by atoms with Crippen molar-refractivity contribution in [2.75, 3.05) is 13.1 Å². The number of likely N-dealkylation sites (tertiary alicyclic amines) is 1. The Labute approximate surface area is 194 Å². The van der Waals surface area contributed by atoms with Crippen molar-refractivity contribution in [1.29, 1.82) is 0 Å². The first-order valence-electron chi connectivity index (χ1n) is 10.5. The van der Waals surface area contributed by atoms with Crippen LogP contribution in [0.5, 0.6) is 0 Å². The number of nitrogens with zero attached hydrogens (tertiary/aromatic N) is 1. The Morgan fingerprint density at radius 2 is 1.97 bits per heavy atom. The molecule has 1 N–H and O–H groups in total. The summed E-state index contributed by atoms with van der Waals surface area (Å²) in [6.07, 6.45) is 1.15. The standard InChI is InChI=1S/C25H23BrN2O2S/c1-15-5-7-16(8-6-15)23-20(9-10-31-23)25(30)28-14-18-12-21(18)22(28)13-27-24(29)17-3-2-4-19(26)11-17/h2-11,18,21-22H,12-14H2,1H3,(H,27,29)/t18-,21-,22+/m0/s1. The third-order valence-corrected chi connectivity index (χ3v) is 7.79. The van der Waals surface area contributed by atoms with Gasteiger partial charge in [0.15, 0.2) is 0 Å². The molecular weight excluding hydrogens is 472 g/mol. The fourth-order valence-corrected chi connectivity index (χ4v) is 5.85. The molecule has 2 aromatic carbocycles. The van der Waals surface area contributed by atoms with Gasteiger partial charge >= 0.3 is 0 Å². The molecule has 2 heterocycles. The molecule has 1 aromatic heterocycles. The molecule has 1 aliphatic heterocycles. The average molecular weight is 495 g/mol. The van der Waals surface area contributed by atoms with Gasteiger partial charge in [0, 0.05) is 28.0 Å². The summed E-state index contributed by atoms with van der Waals surface area (Å²) in [6, 6.07) is 17.7. The lowest BCUT2D eigenvalue weighted by Crippen LogP contribution is -2.45. The molecular formula is C25H23BrN2O2S. The topological polar surface area (TPSA) is 49.4 Å². The monoisotopic (exact) mass is 494 g/mol. The summed E-state index contributed by atoms with van der Waals surface area (Å²) in [6.45, 7) is 3.33. The van der Waals surface area contributed by atoms with Crippen LogP contribution in [-0.2, 0) is 0 Å². The smallest absolute Gasteiger partial charge is 0.255 e. The van der Waals surface area contributed by atoms with Gasteiger partial charge in [0.05, 0.1) is 11.6 Å². The van der Waals surface area contributed by atoms with Gasteiger partial charge in [0.25, 0.3) is 11.8 Å². The highest BCUT2D eigenvalue weighted by molar-refractivity contribution is 9.10. The second-order valence-electron chi connectivity index (χ2n) is 8.43. The number of thiophene rings is 1. The van der Waals surface area contributed by atoms with E-state index in [2.05, 4.69) is 52.4 Å². The van der Waals surface area contributed by atoms with Crippen LogP contribution in [-0.4, -0.2) is 35.8 Å². The largest absolute Gasteiger partial charge is 0.350 e. The van der Waals surface area contributed by atoms with Gasteiger partial charge in [-0.05, 0) is 60.4 Å². The number of benzene rings is 2. The number of piperidine rings is 1. The summed E-state index contributed by atoms with van der Waals surface area (Å²) in [7, 11) is 0. The lowest BCUT2D eigenvalue weighted by molar-refractivity contribution is 0.0696. The number of hydrogen-bond acceptors (Lipinski definition) is 3. The van der Waals surface area contributed by atoms with Crippen LogP contribution in [0.1, 0.15) is 32.7 Å². The second kappa shape index (κ2) is 8.24. The van der Waals surface area contributed by atoms with E-state index < -0.39 is 0 Å². The summed E-state index contributed by atoms with van der Waals surface area (Å²) in [5.41, 5.74) is 3.66. The summed E-state index contributed by atoms with van der Waals surface area (Å²) in [5.74, 6) is 1.03. The van der Waals surface area contributed by atoms with E-state index in [4.69, 9.17) is 0 Å². The summed E-state index contributed by atoms with van der Waals surface area (Å²) in [4.78, 5) is 29.1. The predicted molar refractivity (Wildman–Crippen MR) is 127 cm³/mol. The maximum Gasteiger partial charge on any atom is 0.255 e. The second-order valence-corrected chi connectivity index (χ2v) is 10.3. The molecule has 31 heavy (non-hydrogen) atoms. The molecule has 3 aromatic rings. The van der Waals surface area contributed by atoms with Crippen molar-refractivity contribution >= 4 is 39.1 Å². The van der Waals surface area contributed by atoms with E-state index >= 15 is 0 Å². The Hall–Kier alpha value is -2.44. The lowest BCUT2D eigenvalue weighted by Gasteiger charge is -2.28. The highest BCUT2D eigenvalue weighted by atomic mass is 79.9. The first-order valence-corrected chi connectivity index (χ1v) is 12.2. The van der Waals surface area contributed by atoms with E-state index in [1.54, 1.807) is 17.4 Å². The molecule has 3 atom stereocenters. The fraction of sp³-hybridized carbons (Fsp3) is 0.280. The van der Waals surface area contributed by atoms with Crippen molar-refractivity contribution in [3.05, 3.63) is 81.1 Å². The number of rotatable bonds is 5. The first-order chi connectivity index (χ1) is 15.0. The molecule has 2 fully saturated rings. The Morgan fingerprint density at radius 1 is 1.16 bits per heavy atom. The highest BCUT2D eigenvalue weighted by Gasteiger charge is 2.54. The SMILES string of the molecule is Cc1ccc(-c2sccc2C(=O)N2C[C@@H]3C[C@@H]3[C@H]2CNC(=O)c2cccc(Br)c2)cc1. The number of carbonyl (C=O) groups excluding carboxylic acids is 2. The number of nitrogens with one attached hydrogen (secondary N) is 1. The van der Waals surface area contributed by atoms with Gasteiger partial charge in [-0.15, -0.1) is 11.3 Å². The van der Waals surface area contributed by atoms with Gasteiger partial charge < -0.3 is 10.2 Å². The minimum absolute atomic E-state index is 0.0550. The third-order valence-electron chi connectivity index (χ3n) is 6.33. The van der Waals surface area contributed by atoms with Crippen LogP contribution in [0.2, 0.25) is 0 Å². The maximum absolute atomic E-state index is 13.5. The molecule has 0 spiro atoms. The molecule has 1 saturated carbocycles. The molecule has 6 heteroatoms. The van der Waals surface area contributed by atoms with E-state index in [1.807, 2.05) is 34.5 Å². The van der Waals surface area contributed by atoms with E-state index in [0.717, 1.165) is 33.4 Å². The minimum Gasteiger partial charge on any atom is -0.350 e. The van der Waals surface area contributed by atoms with Crippen LogP contribution in [0, 0.1) is 18.8 Å². The van der Waals surface area contributed by atoms with Crippen LogP contribution >= 0.6 is 27.3 Å². The zero-order valence-corrected chi connectivity index (χ0v) is 19.6. The van der Waals surface area contributed by atoms with Gasteiger partial charge in [-0.3, -0.25) is 9.59 Å². The minimum atomic E-state index is -0.103. The van der Waals surface area contributed by atoms with Crippen LogP contribution in [0.15, 0.2) is 64.5 Å². The van der Waals surface area contributed by atoms with Crippen molar-refractivity contribution in [2.24, 2.45) is 11.8 Å². The molecule has 4 nitrogen and oxygen atoms in total. The molecule has 5 rings (SSSR count). The van der Waals surface area contributed by atoms with Gasteiger partial charge in [-0.25, -0.2) is 0 Å². The van der Waals surface area contributed by atoms with Crippen molar-refractivity contribution < 1.29 is 9.59 Å². The molecule has 158 valence electrons. The molecule has 2 amide bonds. The van der Waals surface area contributed by atoms with Crippen molar-refractivity contribution in [3.8, 4) is 10.4 Å². The number of hydrogen-bond donors (Lipinski definition) is 1. The van der Waals surface area contributed by atoms with Gasteiger partial charge in [0.1, 0.15) is 0 Å². The van der Waals surface area contributed by atoms with E-state index in [0.29, 0.717) is 23.9 Å². The van der Waals surface area contributed by atoms with Gasteiger partial charge in [-0.1, -0.05) is 51.8 Å². The van der Waals surface area contributed by atoms with Crippen LogP contribution in [0.4, 0.5) is 0 Å². The average Bonchev–Trinajstić information content (AvgIpc) is 3.20. The first kappa shape index (κ1) is 20.5. The van der Waals surface area contributed by atoms with E-state index in [9.17, 15) is 9.59 Å². The molecule has 0 radical (unpaired) electrons. The molecule has 2 aliphatic rings. The van der Waals surface area contributed by atoms with Crippen LogP contribution < -0.4 is 5.32 Å². The summed E-state index contributed by atoms with van der Waals surface area (Å²) >= 11 is 5.02. The Balaban J connectivity index is 1.32. The Bertz CT molecular complexity index is 1140. The van der Waals surface area contributed by atoms with Gasteiger partial charge in [-0.2, -0.15) is 0 Å². The number of fused-ring (bicyclic) bond motifs is 1. The van der Waals surface area contributed by atoms with Crippen LogP contribution in [0.25, 0.3) is 10.4 Å². The zero-order chi connectivity index (χ0) is 21.5. The number of aryl methyl sites for hydroxylation is 1. The fourth-order valence-electron chi connectivity index (χ4n) is 4.56. The Kier molecular flexibility index (Phi) is 5.44.